The third-order valence-corrected chi connectivity index (χ3v) is 5.95. The average molecular weight is 527 g/mol. The van der Waals surface area contributed by atoms with Crippen molar-refractivity contribution >= 4 is 70.4 Å². The summed E-state index contributed by atoms with van der Waals surface area (Å²) in [6.45, 7) is -0.0332. The molecule has 1 atom stereocenters. The molecule has 9 heteroatoms. The number of carbonyl (C=O) groups is 1. The number of rotatable bonds is 5. The lowest BCUT2D eigenvalue weighted by Gasteiger charge is -2.11. The molecule has 0 aliphatic rings. The molecule has 0 aliphatic carbocycles. The maximum absolute atomic E-state index is 12.1. The lowest BCUT2D eigenvalue weighted by atomic mass is 10.4. The lowest BCUT2D eigenvalue weighted by molar-refractivity contribution is -0.139. The van der Waals surface area contributed by atoms with Gasteiger partial charge in [-0.15, -0.1) is 0 Å². The Bertz CT molecular complexity index is 579. The number of carbonyl (C=O) groups excluding carboxylic acids is 1. The number of alkyl halides is 1. The van der Waals surface area contributed by atoms with Gasteiger partial charge >= 0.3 is 5.97 Å². The summed E-state index contributed by atoms with van der Waals surface area (Å²) in [4.78, 5) is 11.3. The van der Waals surface area contributed by atoms with E-state index in [9.17, 15) is 13.2 Å². The first-order valence-corrected chi connectivity index (χ1v) is 9.26. The van der Waals surface area contributed by atoms with Crippen LogP contribution in [0.25, 0.3) is 0 Å². The third-order valence-electron chi connectivity index (χ3n) is 2.09. The van der Waals surface area contributed by atoms with Crippen LogP contribution >= 0.6 is 54.5 Å². The number of hydrogen-bond acceptors (Lipinski definition) is 4. The summed E-state index contributed by atoms with van der Waals surface area (Å²) in [5.74, 6) is -0.475. The van der Waals surface area contributed by atoms with Crippen molar-refractivity contribution in [3.8, 4) is 0 Å². The average Bonchev–Trinajstić information content (AvgIpc) is 2.37. The first-order valence-electron chi connectivity index (χ1n) is 4.94. The van der Waals surface area contributed by atoms with E-state index in [-0.39, 0.29) is 11.4 Å². The van der Waals surface area contributed by atoms with Crippen molar-refractivity contribution in [1.29, 1.82) is 0 Å². The zero-order chi connectivity index (χ0) is 14.6. The second-order valence-electron chi connectivity index (χ2n) is 3.42. The van der Waals surface area contributed by atoms with Crippen molar-refractivity contribution in [2.24, 2.45) is 0 Å². The molecule has 0 aliphatic heterocycles. The summed E-state index contributed by atoms with van der Waals surface area (Å²) in [5, 5.41) is 0. The van der Waals surface area contributed by atoms with Crippen molar-refractivity contribution < 1.29 is 17.9 Å². The van der Waals surface area contributed by atoms with E-state index in [0.29, 0.717) is 8.95 Å². The molecule has 0 heterocycles. The van der Waals surface area contributed by atoms with Gasteiger partial charge in [0.25, 0.3) is 0 Å². The molecular formula is C10H10Br2INO4S. The minimum absolute atomic E-state index is 0.0332. The molecule has 1 N–H and O–H groups in total. The van der Waals surface area contributed by atoms with E-state index in [4.69, 9.17) is 0 Å². The Balaban J connectivity index is 2.87. The van der Waals surface area contributed by atoms with Gasteiger partial charge in [0.05, 0.1) is 12.0 Å². The van der Waals surface area contributed by atoms with Crippen molar-refractivity contribution in [2.75, 3.05) is 13.7 Å². The highest BCUT2D eigenvalue weighted by Crippen LogP contribution is 2.25. The Kier molecular flexibility index (Phi) is 6.70. The number of nitrogens with one attached hydrogen (secondary N) is 1. The molecule has 0 bridgehead atoms. The van der Waals surface area contributed by atoms with Gasteiger partial charge in [-0.25, -0.2) is 13.1 Å². The van der Waals surface area contributed by atoms with E-state index in [0.717, 1.165) is 0 Å². The molecule has 0 amide bonds. The van der Waals surface area contributed by atoms with Gasteiger partial charge in [-0.05, 0) is 34.1 Å². The highest BCUT2D eigenvalue weighted by molar-refractivity contribution is 14.1. The Labute approximate surface area is 141 Å². The van der Waals surface area contributed by atoms with Crippen LogP contribution in [-0.2, 0) is 19.6 Å². The van der Waals surface area contributed by atoms with E-state index in [1.54, 1.807) is 12.1 Å². The molecule has 0 radical (unpaired) electrons. The Morgan fingerprint density at radius 1 is 1.47 bits per heavy atom. The van der Waals surface area contributed by atoms with Gasteiger partial charge in [-0.1, -0.05) is 38.5 Å². The lowest BCUT2D eigenvalue weighted by Crippen LogP contribution is -2.34. The standard InChI is InChI=1S/C10H10Br2INO4S/c1-18-10(15)8(13)5-14-19(16,17)9-4-6(11)2-3-7(9)12/h2-4,8,14H,5H2,1H3. The normalized spacial score (nSPS) is 13.1. The molecule has 5 nitrogen and oxygen atoms in total. The molecule has 0 fully saturated rings. The zero-order valence-corrected chi connectivity index (χ0v) is 15.8. The number of sulfonamides is 1. The number of hydrogen-bond donors (Lipinski definition) is 1. The van der Waals surface area contributed by atoms with Crippen LogP contribution in [0.15, 0.2) is 32.0 Å². The summed E-state index contributed by atoms with van der Waals surface area (Å²) in [7, 11) is -2.43. The minimum atomic E-state index is -3.69. The smallest absolute Gasteiger partial charge is 0.319 e. The van der Waals surface area contributed by atoms with E-state index in [1.165, 1.54) is 13.2 Å². The molecule has 106 valence electrons. The van der Waals surface area contributed by atoms with Crippen LogP contribution in [0.3, 0.4) is 0 Å². The van der Waals surface area contributed by atoms with Crippen molar-refractivity contribution in [2.45, 2.75) is 8.82 Å². The Hall–Kier alpha value is 0.290. The van der Waals surface area contributed by atoms with Crippen LogP contribution in [0.2, 0.25) is 0 Å². The SMILES string of the molecule is COC(=O)C(I)CNS(=O)(=O)c1cc(Br)ccc1Br. The van der Waals surface area contributed by atoms with Gasteiger partial charge in [-0.2, -0.15) is 0 Å². The minimum Gasteiger partial charge on any atom is -0.468 e. The van der Waals surface area contributed by atoms with E-state index in [1.807, 2.05) is 22.6 Å². The first kappa shape index (κ1) is 17.3. The Morgan fingerprint density at radius 2 is 2.11 bits per heavy atom. The molecule has 0 saturated heterocycles. The number of methoxy groups -OCH3 is 1. The molecule has 0 spiro atoms. The van der Waals surface area contributed by atoms with Gasteiger partial charge in [0, 0.05) is 15.5 Å². The fourth-order valence-corrected chi connectivity index (χ4v) is 4.48. The fraction of sp³-hybridized carbons (Fsp3) is 0.300. The maximum Gasteiger partial charge on any atom is 0.319 e. The molecule has 1 aromatic rings. The monoisotopic (exact) mass is 525 g/mol. The summed E-state index contributed by atoms with van der Waals surface area (Å²) in [6.07, 6.45) is 0. The van der Waals surface area contributed by atoms with Gasteiger partial charge in [0.1, 0.15) is 3.92 Å². The fourth-order valence-electron chi connectivity index (χ4n) is 1.15. The topological polar surface area (TPSA) is 72.5 Å². The quantitative estimate of drug-likeness (QED) is 0.363. The predicted octanol–water partition coefficient (Wildman–Crippen LogP) is 2.47. The van der Waals surface area contributed by atoms with Crippen LogP contribution in [0.4, 0.5) is 0 Å². The highest BCUT2D eigenvalue weighted by atomic mass is 127. The maximum atomic E-state index is 12.1. The molecule has 1 aromatic carbocycles. The second-order valence-corrected chi connectivity index (χ2v) is 8.43. The molecule has 19 heavy (non-hydrogen) atoms. The van der Waals surface area contributed by atoms with Gasteiger partial charge < -0.3 is 4.74 Å². The van der Waals surface area contributed by atoms with Crippen LogP contribution in [0.5, 0.6) is 0 Å². The number of ether oxygens (including phenoxy) is 1. The number of esters is 1. The number of benzene rings is 1. The van der Waals surface area contributed by atoms with E-state index in [2.05, 4.69) is 41.3 Å². The summed E-state index contributed by atoms with van der Waals surface area (Å²) in [5.41, 5.74) is 0. The van der Waals surface area contributed by atoms with Crippen LogP contribution in [0.1, 0.15) is 0 Å². The molecular weight excluding hydrogens is 517 g/mol. The number of halogens is 3. The van der Waals surface area contributed by atoms with Crippen molar-refractivity contribution in [3.05, 3.63) is 27.1 Å². The predicted molar refractivity (Wildman–Crippen MR) is 86.9 cm³/mol. The summed E-state index contributed by atoms with van der Waals surface area (Å²) in [6, 6.07) is 4.83. The summed E-state index contributed by atoms with van der Waals surface area (Å²) >= 11 is 8.22. The van der Waals surface area contributed by atoms with Gasteiger partial charge in [0.2, 0.25) is 10.0 Å². The van der Waals surface area contributed by atoms with Crippen LogP contribution < -0.4 is 4.72 Å². The van der Waals surface area contributed by atoms with E-state index < -0.39 is 19.9 Å². The summed E-state index contributed by atoms with van der Waals surface area (Å²) < 4.78 is 31.6. The van der Waals surface area contributed by atoms with Crippen LogP contribution in [0, 0.1) is 0 Å². The largest absolute Gasteiger partial charge is 0.468 e. The van der Waals surface area contributed by atoms with Gasteiger partial charge in [-0.3, -0.25) is 4.79 Å². The zero-order valence-electron chi connectivity index (χ0n) is 9.69. The van der Waals surface area contributed by atoms with Gasteiger partial charge in [0.15, 0.2) is 0 Å². The molecule has 1 unspecified atom stereocenters. The van der Waals surface area contributed by atoms with Crippen molar-refractivity contribution in [1.82, 2.24) is 4.72 Å². The van der Waals surface area contributed by atoms with Crippen LogP contribution in [-0.4, -0.2) is 32.0 Å². The van der Waals surface area contributed by atoms with Crippen molar-refractivity contribution in [3.63, 3.8) is 0 Å². The third kappa shape index (κ3) is 4.96. The highest BCUT2D eigenvalue weighted by Gasteiger charge is 2.22. The second kappa shape index (κ2) is 7.34. The molecule has 0 aromatic heterocycles. The molecule has 0 saturated carbocycles. The molecule has 1 rings (SSSR count). The van der Waals surface area contributed by atoms with E-state index >= 15 is 0 Å². The Morgan fingerprint density at radius 3 is 2.68 bits per heavy atom. The first-order chi connectivity index (χ1) is 8.77.